The highest BCUT2D eigenvalue weighted by Crippen LogP contribution is 2.32. The summed E-state index contributed by atoms with van der Waals surface area (Å²) in [6, 6.07) is 8.55. The normalized spacial score (nSPS) is 21.9. The number of nitrogens with one attached hydrogen (secondary N) is 2. The molecule has 4 nitrogen and oxygen atoms in total. The molecular weight excluding hydrogens is 288 g/mol. The van der Waals surface area contributed by atoms with Gasteiger partial charge in [0.2, 0.25) is 11.8 Å². The Kier molecular flexibility index (Phi) is 5.31. The molecule has 1 aromatic rings. The summed E-state index contributed by atoms with van der Waals surface area (Å²) >= 11 is 0. The molecule has 2 fully saturated rings. The monoisotopic (exact) mass is 314 g/mol. The molecule has 1 saturated carbocycles. The average Bonchev–Trinajstić information content (AvgIpc) is 3.03. The van der Waals surface area contributed by atoms with Crippen molar-refractivity contribution in [2.24, 2.45) is 0 Å². The van der Waals surface area contributed by atoms with Crippen molar-refractivity contribution in [3.05, 3.63) is 35.4 Å². The lowest BCUT2D eigenvalue weighted by molar-refractivity contribution is -0.125. The second kappa shape index (κ2) is 7.62. The molecule has 0 aromatic heterocycles. The Morgan fingerprint density at radius 1 is 1.09 bits per heavy atom. The minimum Gasteiger partial charge on any atom is -0.354 e. The summed E-state index contributed by atoms with van der Waals surface area (Å²) in [7, 11) is 0. The first-order valence-corrected chi connectivity index (χ1v) is 8.88. The lowest BCUT2D eigenvalue weighted by Crippen LogP contribution is -2.42. The van der Waals surface area contributed by atoms with Gasteiger partial charge in [-0.1, -0.05) is 43.5 Å². The van der Waals surface area contributed by atoms with E-state index in [9.17, 15) is 9.59 Å². The van der Waals surface area contributed by atoms with E-state index in [1.54, 1.807) is 0 Å². The van der Waals surface area contributed by atoms with E-state index in [0.717, 1.165) is 12.3 Å². The first-order valence-electron chi connectivity index (χ1n) is 8.88. The number of hydrogen-bond donors (Lipinski definition) is 2. The molecule has 3 rings (SSSR count). The van der Waals surface area contributed by atoms with Crippen LogP contribution in [0.15, 0.2) is 24.3 Å². The zero-order valence-electron chi connectivity index (χ0n) is 13.6. The summed E-state index contributed by atoms with van der Waals surface area (Å²) in [4.78, 5) is 23.0. The largest absolute Gasteiger partial charge is 0.354 e. The van der Waals surface area contributed by atoms with Crippen LogP contribution >= 0.6 is 0 Å². The number of carbonyl (C=O) groups is 2. The summed E-state index contributed by atoms with van der Waals surface area (Å²) in [5, 5.41) is 5.61. The van der Waals surface area contributed by atoms with Gasteiger partial charge in [0.25, 0.3) is 0 Å². The number of rotatable bonds is 5. The fourth-order valence-corrected chi connectivity index (χ4v) is 3.66. The maximum Gasteiger partial charge on any atom is 0.242 e. The molecule has 1 unspecified atom stereocenters. The highest BCUT2D eigenvalue weighted by molar-refractivity contribution is 5.90. The van der Waals surface area contributed by atoms with Crippen molar-refractivity contribution in [3.63, 3.8) is 0 Å². The minimum absolute atomic E-state index is 0.0246. The van der Waals surface area contributed by atoms with E-state index in [2.05, 4.69) is 34.9 Å². The Hall–Kier alpha value is -1.84. The Labute approximate surface area is 138 Å². The molecule has 2 aliphatic rings. The van der Waals surface area contributed by atoms with Gasteiger partial charge >= 0.3 is 0 Å². The molecule has 1 saturated heterocycles. The summed E-state index contributed by atoms with van der Waals surface area (Å²) in [6.45, 7) is 0.619. The summed E-state index contributed by atoms with van der Waals surface area (Å²) < 4.78 is 0. The van der Waals surface area contributed by atoms with Gasteiger partial charge in [-0.05, 0) is 42.7 Å². The van der Waals surface area contributed by atoms with Crippen LogP contribution in [0, 0.1) is 0 Å². The predicted octanol–water partition coefficient (Wildman–Crippen LogP) is 2.67. The van der Waals surface area contributed by atoms with Gasteiger partial charge in [0.15, 0.2) is 0 Å². The summed E-state index contributed by atoms with van der Waals surface area (Å²) in [5.41, 5.74) is 2.71. The van der Waals surface area contributed by atoms with Crippen molar-refractivity contribution >= 4 is 11.8 Å². The molecule has 2 N–H and O–H groups in total. The molecule has 23 heavy (non-hydrogen) atoms. The zero-order valence-corrected chi connectivity index (χ0v) is 13.6. The lowest BCUT2D eigenvalue weighted by atomic mass is 9.84. The molecule has 124 valence electrons. The maximum atomic E-state index is 11.9. The van der Waals surface area contributed by atoms with Gasteiger partial charge in [0, 0.05) is 13.0 Å². The number of hydrogen-bond acceptors (Lipinski definition) is 2. The van der Waals surface area contributed by atoms with Crippen molar-refractivity contribution in [1.82, 2.24) is 10.6 Å². The van der Waals surface area contributed by atoms with Crippen molar-refractivity contribution in [2.75, 3.05) is 6.54 Å². The highest BCUT2D eigenvalue weighted by Gasteiger charge is 2.26. The lowest BCUT2D eigenvalue weighted by Gasteiger charge is -2.22. The number of amides is 2. The smallest absolute Gasteiger partial charge is 0.242 e. The molecule has 1 heterocycles. The van der Waals surface area contributed by atoms with E-state index in [1.165, 1.54) is 43.2 Å². The third kappa shape index (κ3) is 4.34. The van der Waals surface area contributed by atoms with E-state index < -0.39 is 0 Å². The Balaban J connectivity index is 1.43. The second-order valence-corrected chi connectivity index (χ2v) is 6.78. The third-order valence-electron chi connectivity index (χ3n) is 5.08. The molecular formula is C19H26N2O2. The fourth-order valence-electron chi connectivity index (χ4n) is 3.66. The zero-order chi connectivity index (χ0) is 16.1. The van der Waals surface area contributed by atoms with E-state index in [4.69, 9.17) is 0 Å². The minimum atomic E-state index is -0.337. The topological polar surface area (TPSA) is 58.2 Å². The molecule has 2 amide bonds. The van der Waals surface area contributed by atoms with Crippen LogP contribution < -0.4 is 10.6 Å². The molecule has 4 heteroatoms. The quantitative estimate of drug-likeness (QED) is 0.878. The first-order chi connectivity index (χ1) is 11.2. The van der Waals surface area contributed by atoms with E-state index in [1.807, 2.05) is 0 Å². The molecule has 1 aliphatic carbocycles. The van der Waals surface area contributed by atoms with Crippen LogP contribution in [0.1, 0.15) is 62.0 Å². The second-order valence-electron chi connectivity index (χ2n) is 6.78. The molecule has 1 atom stereocenters. The standard InChI is InChI=1S/C19H26N2O2/c22-18-11-10-17(21-18)19(23)20-13-12-14-6-8-16(9-7-14)15-4-2-1-3-5-15/h6-9,15,17H,1-5,10-13H2,(H,20,23)(H,21,22). The Bertz CT molecular complexity index is 547. The number of benzene rings is 1. The van der Waals surface area contributed by atoms with Gasteiger partial charge in [-0.3, -0.25) is 9.59 Å². The van der Waals surface area contributed by atoms with Crippen LogP contribution in [0.5, 0.6) is 0 Å². The van der Waals surface area contributed by atoms with Crippen LogP contribution in [0.4, 0.5) is 0 Å². The Morgan fingerprint density at radius 3 is 2.48 bits per heavy atom. The van der Waals surface area contributed by atoms with Crippen LogP contribution in [-0.4, -0.2) is 24.4 Å². The summed E-state index contributed by atoms with van der Waals surface area (Å²) in [5.74, 6) is 0.654. The fraction of sp³-hybridized carbons (Fsp3) is 0.579. The van der Waals surface area contributed by atoms with Crippen LogP contribution in [-0.2, 0) is 16.0 Å². The van der Waals surface area contributed by atoms with E-state index >= 15 is 0 Å². The summed E-state index contributed by atoms with van der Waals surface area (Å²) in [6.07, 6.45) is 8.64. The van der Waals surface area contributed by atoms with Crippen LogP contribution in [0.3, 0.4) is 0 Å². The first kappa shape index (κ1) is 16.0. The average molecular weight is 314 g/mol. The van der Waals surface area contributed by atoms with Gasteiger partial charge in [-0.15, -0.1) is 0 Å². The van der Waals surface area contributed by atoms with Crippen molar-refractivity contribution in [2.45, 2.75) is 63.3 Å². The van der Waals surface area contributed by atoms with E-state index in [-0.39, 0.29) is 17.9 Å². The van der Waals surface area contributed by atoms with Crippen LogP contribution in [0.2, 0.25) is 0 Å². The molecule has 1 aromatic carbocycles. The SMILES string of the molecule is O=C1CCC(C(=O)NCCc2ccc(C3CCCCC3)cc2)N1. The number of carbonyl (C=O) groups excluding carboxylic acids is 2. The van der Waals surface area contributed by atoms with Crippen molar-refractivity contribution in [1.29, 1.82) is 0 Å². The Morgan fingerprint density at radius 2 is 1.83 bits per heavy atom. The molecule has 0 radical (unpaired) electrons. The molecule has 0 bridgehead atoms. The van der Waals surface area contributed by atoms with Gasteiger partial charge < -0.3 is 10.6 Å². The predicted molar refractivity (Wildman–Crippen MR) is 90.1 cm³/mol. The third-order valence-corrected chi connectivity index (χ3v) is 5.08. The van der Waals surface area contributed by atoms with Gasteiger partial charge in [0.1, 0.15) is 6.04 Å². The highest BCUT2D eigenvalue weighted by atomic mass is 16.2. The van der Waals surface area contributed by atoms with Gasteiger partial charge in [0.05, 0.1) is 0 Å². The van der Waals surface area contributed by atoms with Gasteiger partial charge in [-0.25, -0.2) is 0 Å². The van der Waals surface area contributed by atoms with Crippen molar-refractivity contribution < 1.29 is 9.59 Å². The van der Waals surface area contributed by atoms with Crippen molar-refractivity contribution in [3.8, 4) is 0 Å². The van der Waals surface area contributed by atoms with Crippen LogP contribution in [0.25, 0.3) is 0 Å². The van der Waals surface area contributed by atoms with E-state index in [0.29, 0.717) is 19.4 Å². The molecule has 1 aliphatic heterocycles. The van der Waals surface area contributed by atoms with Gasteiger partial charge in [-0.2, -0.15) is 0 Å². The molecule has 0 spiro atoms. The maximum absolute atomic E-state index is 11.9.